The molecule has 1 amide bonds. The average molecular weight is 319 g/mol. The molecule has 116 valence electrons. The zero-order valence-electron chi connectivity index (χ0n) is 12.3. The van der Waals surface area contributed by atoms with Crippen LogP contribution in [0.2, 0.25) is 0 Å². The number of rotatable bonds is 7. The molecule has 0 spiro atoms. The van der Waals surface area contributed by atoms with Gasteiger partial charge in [0.25, 0.3) is 0 Å². The largest absolute Gasteiger partial charge is 0.492 e. The van der Waals surface area contributed by atoms with Crippen molar-refractivity contribution >= 4 is 23.4 Å². The summed E-state index contributed by atoms with van der Waals surface area (Å²) in [5.74, 6) is 1.18. The number of ether oxygens (including phenoxy) is 1. The van der Waals surface area contributed by atoms with E-state index in [0.29, 0.717) is 12.4 Å². The van der Waals surface area contributed by atoms with E-state index in [1.54, 1.807) is 18.2 Å². The lowest BCUT2D eigenvalue weighted by molar-refractivity contribution is -0.113. The lowest BCUT2D eigenvalue weighted by Crippen LogP contribution is -2.16. The van der Waals surface area contributed by atoms with Crippen LogP contribution in [0.4, 0.5) is 10.1 Å². The minimum Gasteiger partial charge on any atom is -0.492 e. The van der Waals surface area contributed by atoms with Gasteiger partial charge in [-0.1, -0.05) is 30.3 Å². The molecule has 0 aromatic heterocycles. The molecule has 1 N–H and O–H groups in total. The average Bonchev–Trinajstić information content (AvgIpc) is 2.51. The van der Waals surface area contributed by atoms with Crippen molar-refractivity contribution in [2.75, 3.05) is 23.4 Å². The van der Waals surface area contributed by atoms with Gasteiger partial charge in [0, 0.05) is 5.75 Å². The fourth-order valence-corrected chi connectivity index (χ4v) is 2.45. The Morgan fingerprint density at radius 2 is 1.91 bits per heavy atom. The fourth-order valence-electron chi connectivity index (χ4n) is 1.84. The number of para-hydroxylation sites is 2. The Balaban J connectivity index is 1.65. The highest BCUT2D eigenvalue weighted by Crippen LogP contribution is 2.17. The Bertz CT molecular complexity index is 634. The van der Waals surface area contributed by atoms with E-state index >= 15 is 0 Å². The number of aryl methyl sites for hydroxylation is 1. The second-order valence-corrected chi connectivity index (χ2v) is 5.80. The molecule has 0 bridgehead atoms. The summed E-state index contributed by atoms with van der Waals surface area (Å²) in [5.41, 5.74) is 1.30. The molecule has 3 nitrogen and oxygen atoms in total. The van der Waals surface area contributed by atoms with Gasteiger partial charge in [0.2, 0.25) is 5.91 Å². The van der Waals surface area contributed by atoms with E-state index in [9.17, 15) is 9.18 Å². The summed E-state index contributed by atoms with van der Waals surface area (Å²) >= 11 is 1.45. The van der Waals surface area contributed by atoms with E-state index in [1.807, 2.05) is 31.2 Å². The first kappa shape index (κ1) is 16.4. The molecule has 5 heteroatoms. The van der Waals surface area contributed by atoms with E-state index in [1.165, 1.54) is 17.8 Å². The third-order valence-corrected chi connectivity index (χ3v) is 3.88. The highest BCUT2D eigenvalue weighted by Gasteiger charge is 2.06. The molecule has 0 aliphatic heterocycles. The van der Waals surface area contributed by atoms with E-state index < -0.39 is 5.82 Å². The second-order valence-electron chi connectivity index (χ2n) is 4.69. The molecule has 0 atom stereocenters. The number of nitrogens with one attached hydrogen (secondary N) is 1. The molecular formula is C17H18FNO2S. The van der Waals surface area contributed by atoms with Gasteiger partial charge in [-0.15, -0.1) is 11.8 Å². The molecule has 0 saturated heterocycles. The van der Waals surface area contributed by atoms with Crippen LogP contribution in [0.1, 0.15) is 5.56 Å². The van der Waals surface area contributed by atoms with Crippen LogP contribution in [0.3, 0.4) is 0 Å². The predicted molar refractivity (Wildman–Crippen MR) is 89.0 cm³/mol. The van der Waals surface area contributed by atoms with E-state index in [4.69, 9.17) is 4.74 Å². The van der Waals surface area contributed by atoms with E-state index in [0.717, 1.165) is 11.3 Å². The summed E-state index contributed by atoms with van der Waals surface area (Å²) in [4.78, 5) is 11.7. The first-order valence-electron chi connectivity index (χ1n) is 6.97. The standard InChI is InChI=1S/C17H18FNO2S/c1-13-6-2-5-9-16(13)21-10-11-22-12-17(20)19-15-8-4-3-7-14(15)18/h2-9H,10-12H2,1H3,(H,19,20). The quantitative estimate of drug-likeness (QED) is 0.787. The molecule has 2 rings (SSSR count). The normalized spacial score (nSPS) is 10.3. The zero-order chi connectivity index (χ0) is 15.8. The van der Waals surface area contributed by atoms with Gasteiger partial charge in [-0.3, -0.25) is 4.79 Å². The van der Waals surface area contributed by atoms with Crippen molar-refractivity contribution < 1.29 is 13.9 Å². The van der Waals surface area contributed by atoms with Crippen LogP contribution in [0.25, 0.3) is 0 Å². The Hall–Kier alpha value is -2.01. The van der Waals surface area contributed by atoms with Crippen LogP contribution in [-0.4, -0.2) is 24.0 Å². The van der Waals surface area contributed by atoms with E-state index in [-0.39, 0.29) is 17.3 Å². The topological polar surface area (TPSA) is 38.3 Å². The van der Waals surface area contributed by atoms with Crippen LogP contribution in [0.5, 0.6) is 5.75 Å². The molecule has 0 radical (unpaired) electrons. The molecule has 0 fully saturated rings. The van der Waals surface area contributed by atoms with Crippen molar-refractivity contribution in [2.45, 2.75) is 6.92 Å². The Labute approximate surface area is 133 Å². The number of anilines is 1. The fraction of sp³-hybridized carbons (Fsp3) is 0.235. The summed E-state index contributed by atoms with van der Waals surface area (Å²) in [7, 11) is 0. The third kappa shape index (κ3) is 5.07. The molecule has 0 heterocycles. The number of benzene rings is 2. The van der Waals surface area contributed by atoms with Crippen molar-refractivity contribution in [3.05, 3.63) is 59.9 Å². The van der Waals surface area contributed by atoms with Gasteiger partial charge >= 0.3 is 0 Å². The minimum atomic E-state index is -0.427. The summed E-state index contributed by atoms with van der Waals surface area (Å²) in [6, 6.07) is 13.9. The van der Waals surface area contributed by atoms with E-state index in [2.05, 4.69) is 5.32 Å². The maximum absolute atomic E-state index is 13.4. The smallest absolute Gasteiger partial charge is 0.234 e. The Morgan fingerprint density at radius 3 is 2.68 bits per heavy atom. The van der Waals surface area contributed by atoms with Gasteiger partial charge in [-0.05, 0) is 30.7 Å². The Kier molecular flexibility index (Phi) is 6.27. The van der Waals surface area contributed by atoms with Crippen molar-refractivity contribution in [1.82, 2.24) is 0 Å². The number of carbonyl (C=O) groups is 1. The molecule has 22 heavy (non-hydrogen) atoms. The lowest BCUT2D eigenvalue weighted by atomic mass is 10.2. The van der Waals surface area contributed by atoms with Gasteiger partial charge in [-0.2, -0.15) is 0 Å². The molecule has 0 saturated carbocycles. The first-order valence-corrected chi connectivity index (χ1v) is 8.13. The third-order valence-electron chi connectivity index (χ3n) is 2.96. The van der Waals surface area contributed by atoms with Crippen molar-refractivity contribution in [1.29, 1.82) is 0 Å². The number of halogens is 1. The Morgan fingerprint density at radius 1 is 1.18 bits per heavy atom. The second kappa shape index (κ2) is 8.44. The van der Waals surface area contributed by atoms with Crippen LogP contribution in [0, 0.1) is 12.7 Å². The van der Waals surface area contributed by atoms with Crippen LogP contribution in [0.15, 0.2) is 48.5 Å². The number of thioether (sulfide) groups is 1. The number of amides is 1. The monoisotopic (exact) mass is 319 g/mol. The van der Waals surface area contributed by atoms with Crippen LogP contribution < -0.4 is 10.1 Å². The summed E-state index contributed by atoms with van der Waals surface area (Å²) < 4.78 is 19.0. The van der Waals surface area contributed by atoms with Crippen molar-refractivity contribution in [2.24, 2.45) is 0 Å². The van der Waals surface area contributed by atoms with Gasteiger partial charge < -0.3 is 10.1 Å². The highest BCUT2D eigenvalue weighted by atomic mass is 32.2. The van der Waals surface area contributed by atoms with Gasteiger partial charge in [0.1, 0.15) is 11.6 Å². The number of hydrogen-bond donors (Lipinski definition) is 1. The molecule has 0 aliphatic carbocycles. The maximum atomic E-state index is 13.4. The lowest BCUT2D eigenvalue weighted by Gasteiger charge is -2.09. The summed E-state index contributed by atoms with van der Waals surface area (Å²) in [5, 5.41) is 2.55. The van der Waals surface area contributed by atoms with Crippen molar-refractivity contribution in [3.8, 4) is 5.75 Å². The zero-order valence-corrected chi connectivity index (χ0v) is 13.2. The highest BCUT2D eigenvalue weighted by molar-refractivity contribution is 7.99. The molecular weight excluding hydrogens is 301 g/mol. The van der Waals surface area contributed by atoms with Crippen LogP contribution >= 0.6 is 11.8 Å². The molecule has 2 aromatic rings. The predicted octanol–water partition coefficient (Wildman–Crippen LogP) is 3.88. The number of carbonyl (C=O) groups excluding carboxylic acids is 1. The van der Waals surface area contributed by atoms with Gasteiger partial charge in [0.05, 0.1) is 18.0 Å². The summed E-state index contributed by atoms with van der Waals surface area (Å²) in [6.07, 6.45) is 0. The minimum absolute atomic E-state index is 0.212. The van der Waals surface area contributed by atoms with Crippen LogP contribution in [-0.2, 0) is 4.79 Å². The molecule has 2 aromatic carbocycles. The van der Waals surface area contributed by atoms with Gasteiger partial charge in [-0.25, -0.2) is 4.39 Å². The first-order chi connectivity index (χ1) is 10.7. The SMILES string of the molecule is Cc1ccccc1OCCSCC(=O)Nc1ccccc1F. The summed E-state index contributed by atoms with van der Waals surface area (Å²) in [6.45, 7) is 2.52. The maximum Gasteiger partial charge on any atom is 0.234 e. The van der Waals surface area contributed by atoms with Gasteiger partial charge in [0.15, 0.2) is 0 Å². The molecule has 0 unspecified atom stereocenters. The van der Waals surface area contributed by atoms with Crippen molar-refractivity contribution in [3.63, 3.8) is 0 Å². The molecule has 0 aliphatic rings. The number of hydrogen-bond acceptors (Lipinski definition) is 3.